The smallest absolute Gasteiger partial charge is 0.0939 e. The van der Waals surface area contributed by atoms with E-state index in [4.69, 9.17) is 5.73 Å². The number of hydrogen-bond donors (Lipinski definition) is 2. The zero-order valence-electron chi connectivity index (χ0n) is 13.4. The Morgan fingerprint density at radius 1 is 1.40 bits per heavy atom. The summed E-state index contributed by atoms with van der Waals surface area (Å²) in [5.41, 5.74) is 8.51. The van der Waals surface area contributed by atoms with Crippen LogP contribution in [-0.2, 0) is 5.60 Å². The summed E-state index contributed by atoms with van der Waals surface area (Å²) in [7, 11) is 0. The molecular weight excluding hydrogens is 246 g/mol. The van der Waals surface area contributed by atoms with Crippen LogP contribution in [0.4, 0.5) is 0 Å². The molecule has 1 aromatic carbocycles. The first kappa shape index (κ1) is 15.5. The monoisotopic (exact) mass is 275 g/mol. The van der Waals surface area contributed by atoms with E-state index in [1.165, 1.54) is 18.4 Å². The lowest BCUT2D eigenvalue weighted by molar-refractivity contribution is -0.101. The fraction of sp³-hybridized carbons (Fsp3) is 0.667. The molecule has 0 saturated heterocycles. The first-order valence-corrected chi connectivity index (χ1v) is 7.82. The van der Waals surface area contributed by atoms with Crippen LogP contribution in [0.2, 0.25) is 0 Å². The van der Waals surface area contributed by atoms with E-state index in [-0.39, 0.29) is 5.41 Å². The molecule has 3 atom stereocenters. The molecule has 1 aliphatic rings. The maximum atomic E-state index is 11.4. The third-order valence-corrected chi connectivity index (χ3v) is 5.43. The lowest BCUT2D eigenvalue weighted by Gasteiger charge is -2.50. The van der Waals surface area contributed by atoms with Crippen molar-refractivity contribution in [2.24, 2.45) is 17.1 Å². The molecule has 0 amide bonds. The van der Waals surface area contributed by atoms with Gasteiger partial charge in [-0.1, -0.05) is 43.5 Å². The van der Waals surface area contributed by atoms with Crippen LogP contribution in [0.15, 0.2) is 18.2 Å². The highest BCUT2D eigenvalue weighted by molar-refractivity contribution is 5.36. The van der Waals surface area contributed by atoms with E-state index in [1.54, 1.807) is 0 Å². The Morgan fingerprint density at radius 2 is 2.10 bits per heavy atom. The molecule has 3 N–H and O–H groups in total. The van der Waals surface area contributed by atoms with Gasteiger partial charge in [0.2, 0.25) is 0 Å². The molecule has 0 radical (unpaired) electrons. The molecule has 1 fully saturated rings. The molecule has 1 aliphatic carbocycles. The van der Waals surface area contributed by atoms with Crippen molar-refractivity contribution in [1.29, 1.82) is 0 Å². The quantitative estimate of drug-likeness (QED) is 0.884. The van der Waals surface area contributed by atoms with Crippen LogP contribution in [-0.4, -0.2) is 11.7 Å². The molecule has 2 nitrogen and oxygen atoms in total. The van der Waals surface area contributed by atoms with Crippen molar-refractivity contribution < 1.29 is 5.11 Å². The van der Waals surface area contributed by atoms with Crippen molar-refractivity contribution in [2.75, 3.05) is 6.54 Å². The van der Waals surface area contributed by atoms with Gasteiger partial charge in [-0.05, 0) is 50.7 Å². The van der Waals surface area contributed by atoms with Gasteiger partial charge < -0.3 is 10.8 Å². The van der Waals surface area contributed by atoms with Crippen molar-refractivity contribution >= 4 is 0 Å². The Bertz CT molecular complexity index is 480. The molecule has 1 saturated carbocycles. The maximum absolute atomic E-state index is 11.4. The zero-order valence-corrected chi connectivity index (χ0v) is 13.4. The van der Waals surface area contributed by atoms with E-state index in [9.17, 15) is 5.11 Å². The number of hydrogen-bond acceptors (Lipinski definition) is 2. The zero-order chi connectivity index (χ0) is 15.0. The van der Waals surface area contributed by atoms with E-state index in [0.717, 1.165) is 24.0 Å². The van der Waals surface area contributed by atoms with Crippen molar-refractivity contribution in [3.05, 3.63) is 34.9 Å². The second kappa shape index (κ2) is 5.50. The van der Waals surface area contributed by atoms with Gasteiger partial charge in [-0.25, -0.2) is 0 Å². The molecule has 1 aromatic rings. The fourth-order valence-corrected chi connectivity index (χ4v) is 4.03. The Labute approximate surface area is 123 Å². The SMILES string of the molecule is Cc1ccc(C)c(C(C)(O)C2(CN)CCCC(C)C2)c1. The molecule has 0 bridgehead atoms. The highest BCUT2D eigenvalue weighted by Gasteiger charge is 2.49. The van der Waals surface area contributed by atoms with Gasteiger partial charge in [0.25, 0.3) is 0 Å². The van der Waals surface area contributed by atoms with Crippen molar-refractivity contribution in [1.82, 2.24) is 0 Å². The molecule has 20 heavy (non-hydrogen) atoms. The number of aryl methyl sites for hydroxylation is 2. The van der Waals surface area contributed by atoms with Gasteiger partial charge in [-0.3, -0.25) is 0 Å². The third kappa shape index (κ3) is 2.51. The van der Waals surface area contributed by atoms with Gasteiger partial charge in [0.1, 0.15) is 0 Å². The average molecular weight is 275 g/mol. The summed E-state index contributed by atoms with van der Waals surface area (Å²) in [6.45, 7) is 8.97. The van der Waals surface area contributed by atoms with Crippen LogP contribution in [0.1, 0.15) is 56.2 Å². The van der Waals surface area contributed by atoms with Gasteiger partial charge in [0.05, 0.1) is 5.60 Å². The summed E-state index contributed by atoms with van der Waals surface area (Å²) in [6.07, 6.45) is 4.46. The summed E-state index contributed by atoms with van der Waals surface area (Å²) < 4.78 is 0. The average Bonchev–Trinajstić information content (AvgIpc) is 2.41. The molecule has 0 spiro atoms. The van der Waals surface area contributed by atoms with Crippen molar-refractivity contribution in [2.45, 2.75) is 59.0 Å². The molecule has 2 rings (SSSR count). The Kier molecular flexibility index (Phi) is 4.27. The normalized spacial score (nSPS) is 30.0. The molecule has 0 heterocycles. The Morgan fingerprint density at radius 3 is 2.70 bits per heavy atom. The van der Waals surface area contributed by atoms with Crippen LogP contribution >= 0.6 is 0 Å². The minimum Gasteiger partial charge on any atom is -0.385 e. The molecule has 0 aromatic heterocycles. The lowest BCUT2D eigenvalue weighted by Crippen LogP contribution is -2.51. The standard InChI is InChI=1S/C18H29NO/c1-13-7-8-15(3)16(10-13)17(4,20)18(12-19)9-5-6-14(2)11-18/h7-8,10,14,20H,5-6,9,11-12,19H2,1-4H3. The summed E-state index contributed by atoms with van der Waals surface area (Å²) in [5, 5.41) is 11.4. The van der Waals surface area contributed by atoms with E-state index in [2.05, 4.69) is 39.0 Å². The lowest BCUT2D eigenvalue weighted by atomic mass is 9.59. The van der Waals surface area contributed by atoms with Crippen LogP contribution in [0.5, 0.6) is 0 Å². The molecule has 0 aliphatic heterocycles. The van der Waals surface area contributed by atoms with Gasteiger partial charge in [-0.15, -0.1) is 0 Å². The summed E-state index contributed by atoms with van der Waals surface area (Å²) in [4.78, 5) is 0. The molecule has 2 heteroatoms. The van der Waals surface area contributed by atoms with E-state index >= 15 is 0 Å². The van der Waals surface area contributed by atoms with Crippen LogP contribution in [0, 0.1) is 25.2 Å². The molecule has 112 valence electrons. The number of aliphatic hydroxyl groups is 1. The second-order valence-electron chi connectivity index (χ2n) is 7.08. The van der Waals surface area contributed by atoms with Gasteiger partial charge >= 0.3 is 0 Å². The minimum atomic E-state index is -0.855. The maximum Gasteiger partial charge on any atom is 0.0939 e. The van der Waals surface area contributed by atoms with Crippen LogP contribution < -0.4 is 5.73 Å². The van der Waals surface area contributed by atoms with Crippen LogP contribution in [0.3, 0.4) is 0 Å². The van der Waals surface area contributed by atoms with Gasteiger partial charge in [0.15, 0.2) is 0 Å². The summed E-state index contributed by atoms with van der Waals surface area (Å²) >= 11 is 0. The van der Waals surface area contributed by atoms with E-state index in [1.807, 2.05) is 6.92 Å². The van der Waals surface area contributed by atoms with Crippen LogP contribution in [0.25, 0.3) is 0 Å². The largest absolute Gasteiger partial charge is 0.385 e. The van der Waals surface area contributed by atoms with Crippen molar-refractivity contribution in [3.8, 4) is 0 Å². The first-order valence-electron chi connectivity index (χ1n) is 7.82. The highest BCUT2D eigenvalue weighted by atomic mass is 16.3. The molecular formula is C18H29NO. The summed E-state index contributed by atoms with van der Waals surface area (Å²) in [5.74, 6) is 0.642. The summed E-state index contributed by atoms with van der Waals surface area (Å²) in [6, 6.07) is 6.34. The Balaban J connectivity index is 2.48. The van der Waals surface area contributed by atoms with Gasteiger partial charge in [-0.2, -0.15) is 0 Å². The fourth-order valence-electron chi connectivity index (χ4n) is 4.03. The topological polar surface area (TPSA) is 46.2 Å². The highest BCUT2D eigenvalue weighted by Crippen LogP contribution is 2.51. The van der Waals surface area contributed by atoms with Gasteiger partial charge in [0, 0.05) is 12.0 Å². The van der Waals surface area contributed by atoms with E-state index < -0.39 is 5.60 Å². The minimum absolute atomic E-state index is 0.191. The predicted octanol–water partition coefficient (Wildman–Crippen LogP) is 3.67. The number of benzene rings is 1. The Hall–Kier alpha value is -0.860. The molecule has 3 unspecified atom stereocenters. The van der Waals surface area contributed by atoms with E-state index in [0.29, 0.717) is 12.5 Å². The first-order chi connectivity index (χ1) is 9.32. The number of rotatable bonds is 3. The number of nitrogens with two attached hydrogens (primary N) is 1. The third-order valence-electron chi connectivity index (χ3n) is 5.43. The van der Waals surface area contributed by atoms with Crippen molar-refractivity contribution in [3.63, 3.8) is 0 Å². The predicted molar refractivity (Wildman–Crippen MR) is 84.6 cm³/mol. The second-order valence-corrected chi connectivity index (χ2v) is 7.08.